The Balaban J connectivity index is 2.16. The number of aryl methyl sites for hydroxylation is 1. The zero-order valence-corrected chi connectivity index (χ0v) is 14.4. The van der Waals surface area contributed by atoms with E-state index in [0.29, 0.717) is 30.0 Å². The van der Waals surface area contributed by atoms with Crippen LogP contribution in [0.4, 0.5) is 5.69 Å². The van der Waals surface area contributed by atoms with Gasteiger partial charge in [0.1, 0.15) is 12.4 Å². The van der Waals surface area contributed by atoms with Crippen LogP contribution >= 0.6 is 0 Å². The first kappa shape index (κ1) is 17.7. The number of carbonyl (C=O) groups is 2. The Morgan fingerprint density at radius 3 is 2.54 bits per heavy atom. The SMILES string of the molecule is CCCC(=O)Nc1ccc(OCc2ccccc2C)c(C(C)=O)c1. The zero-order valence-electron chi connectivity index (χ0n) is 14.4. The molecule has 0 saturated carbocycles. The van der Waals surface area contributed by atoms with Gasteiger partial charge in [0.05, 0.1) is 5.56 Å². The zero-order chi connectivity index (χ0) is 17.5. The van der Waals surface area contributed by atoms with E-state index in [2.05, 4.69) is 5.32 Å². The Morgan fingerprint density at radius 2 is 1.88 bits per heavy atom. The summed E-state index contributed by atoms with van der Waals surface area (Å²) in [5.41, 5.74) is 3.30. The summed E-state index contributed by atoms with van der Waals surface area (Å²) >= 11 is 0. The third-order valence-electron chi connectivity index (χ3n) is 3.76. The van der Waals surface area contributed by atoms with Gasteiger partial charge in [-0.2, -0.15) is 0 Å². The number of rotatable bonds is 7. The fourth-order valence-electron chi connectivity index (χ4n) is 2.39. The molecule has 1 N–H and O–H groups in total. The van der Waals surface area contributed by atoms with Crippen LogP contribution < -0.4 is 10.1 Å². The van der Waals surface area contributed by atoms with Gasteiger partial charge in [0, 0.05) is 12.1 Å². The molecule has 126 valence electrons. The van der Waals surface area contributed by atoms with Crippen LogP contribution in [0.1, 0.15) is 48.2 Å². The number of anilines is 1. The van der Waals surface area contributed by atoms with Gasteiger partial charge in [-0.05, 0) is 49.6 Å². The monoisotopic (exact) mass is 325 g/mol. The molecule has 2 aromatic rings. The molecule has 0 aliphatic heterocycles. The highest BCUT2D eigenvalue weighted by Crippen LogP contribution is 2.25. The van der Waals surface area contributed by atoms with E-state index in [1.54, 1.807) is 18.2 Å². The van der Waals surface area contributed by atoms with Gasteiger partial charge in [0.2, 0.25) is 5.91 Å². The number of amides is 1. The topological polar surface area (TPSA) is 55.4 Å². The lowest BCUT2D eigenvalue weighted by molar-refractivity contribution is -0.116. The molecule has 4 nitrogen and oxygen atoms in total. The molecule has 0 saturated heterocycles. The number of ether oxygens (including phenoxy) is 1. The van der Waals surface area contributed by atoms with Crippen LogP contribution in [0.2, 0.25) is 0 Å². The molecular weight excluding hydrogens is 302 g/mol. The fourth-order valence-corrected chi connectivity index (χ4v) is 2.39. The molecule has 0 fully saturated rings. The second-order valence-corrected chi connectivity index (χ2v) is 5.78. The molecule has 4 heteroatoms. The van der Waals surface area contributed by atoms with Crippen molar-refractivity contribution in [1.82, 2.24) is 0 Å². The average molecular weight is 325 g/mol. The standard InChI is InChI=1S/C20H23NO3/c1-4-7-20(23)21-17-10-11-19(18(12-17)15(3)22)24-13-16-9-6-5-8-14(16)2/h5-6,8-12H,4,7,13H2,1-3H3,(H,21,23). The van der Waals surface area contributed by atoms with Crippen molar-refractivity contribution in [2.45, 2.75) is 40.2 Å². The maximum atomic E-state index is 11.9. The van der Waals surface area contributed by atoms with Gasteiger partial charge in [-0.3, -0.25) is 9.59 Å². The first-order valence-electron chi connectivity index (χ1n) is 8.13. The molecule has 2 aromatic carbocycles. The van der Waals surface area contributed by atoms with E-state index in [9.17, 15) is 9.59 Å². The summed E-state index contributed by atoms with van der Waals surface area (Å²) in [4.78, 5) is 23.6. The Kier molecular flexibility index (Phi) is 6.13. The van der Waals surface area contributed by atoms with E-state index in [-0.39, 0.29) is 11.7 Å². The van der Waals surface area contributed by atoms with Gasteiger partial charge in [0.15, 0.2) is 5.78 Å². The molecule has 0 bridgehead atoms. The molecule has 0 heterocycles. The quantitative estimate of drug-likeness (QED) is 0.762. The fraction of sp³-hybridized carbons (Fsp3) is 0.300. The predicted molar refractivity (Wildman–Crippen MR) is 95.5 cm³/mol. The minimum atomic E-state index is -0.0959. The van der Waals surface area contributed by atoms with Crippen molar-refractivity contribution in [3.8, 4) is 5.75 Å². The molecule has 0 spiro atoms. The summed E-state index contributed by atoms with van der Waals surface area (Å²) in [7, 11) is 0. The number of Topliss-reactive ketones (excluding diaryl/α,β-unsaturated/α-hetero) is 1. The van der Waals surface area contributed by atoms with Gasteiger partial charge in [-0.25, -0.2) is 0 Å². The van der Waals surface area contributed by atoms with Crippen LogP contribution in [0.15, 0.2) is 42.5 Å². The molecule has 0 aliphatic carbocycles. The second-order valence-electron chi connectivity index (χ2n) is 5.78. The van der Waals surface area contributed by atoms with Crippen LogP contribution in [0.25, 0.3) is 0 Å². The lowest BCUT2D eigenvalue weighted by atomic mass is 10.1. The lowest BCUT2D eigenvalue weighted by Crippen LogP contribution is -2.11. The van der Waals surface area contributed by atoms with Crippen LogP contribution in [0.3, 0.4) is 0 Å². The Morgan fingerprint density at radius 1 is 1.12 bits per heavy atom. The van der Waals surface area contributed by atoms with Crippen LogP contribution in [-0.2, 0) is 11.4 Å². The molecular formula is C20H23NO3. The normalized spacial score (nSPS) is 10.3. The van der Waals surface area contributed by atoms with Crippen LogP contribution in [0, 0.1) is 6.92 Å². The molecule has 0 radical (unpaired) electrons. The van der Waals surface area contributed by atoms with Gasteiger partial charge < -0.3 is 10.1 Å². The summed E-state index contributed by atoms with van der Waals surface area (Å²) in [5.74, 6) is 0.376. The highest BCUT2D eigenvalue weighted by molar-refractivity contribution is 5.99. The molecule has 0 unspecified atom stereocenters. The minimum Gasteiger partial charge on any atom is -0.488 e. The van der Waals surface area contributed by atoms with Crippen molar-refractivity contribution in [3.05, 3.63) is 59.2 Å². The highest BCUT2D eigenvalue weighted by Gasteiger charge is 2.12. The Labute approximate surface area is 142 Å². The number of ketones is 1. The average Bonchev–Trinajstić information content (AvgIpc) is 2.55. The predicted octanol–water partition coefficient (Wildman–Crippen LogP) is 4.52. The second kappa shape index (κ2) is 8.29. The highest BCUT2D eigenvalue weighted by atomic mass is 16.5. The van der Waals surface area contributed by atoms with Gasteiger partial charge in [-0.1, -0.05) is 31.2 Å². The summed E-state index contributed by atoms with van der Waals surface area (Å²) in [6, 6.07) is 13.1. The molecule has 0 aliphatic rings. The van der Waals surface area contributed by atoms with E-state index in [4.69, 9.17) is 4.74 Å². The van der Waals surface area contributed by atoms with E-state index in [0.717, 1.165) is 17.5 Å². The van der Waals surface area contributed by atoms with Gasteiger partial charge >= 0.3 is 0 Å². The third kappa shape index (κ3) is 4.69. The molecule has 1 amide bonds. The molecule has 0 aromatic heterocycles. The smallest absolute Gasteiger partial charge is 0.224 e. The first-order valence-corrected chi connectivity index (χ1v) is 8.13. The van der Waals surface area contributed by atoms with Crippen molar-refractivity contribution >= 4 is 17.4 Å². The Hall–Kier alpha value is -2.62. The molecule has 2 rings (SSSR count). The summed E-state index contributed by atoms with van der Waals surface area (Å²) in [6.45, 7) is 5.86. The van der Waals surface area contributed by atoms with Crippen molar-refractivity contribution in [3.63, 3.8) is 0 Å². The van der Waals surface area contributed by atoms with Gasteiger partial charge in [-0.15, -0.1) is 0 Å². The van der Waals surface area contributed by atoms with Crippen LogP contribution in [0.5, 0.6) is 5.75 Å². The third-order valence-corrected chi connectivity index (χ3v) is 3.76. The van der Waals surface area contributed by atoms with E-state index < -0.39 is 0 Å². The van der Waals surface area contributed by atoms with E-state index in [1.807, 2.05) is 38.1 Å². The van der Waals surface area contributed by atoms with Gasteiger partial charge in [0.25, 0.3) is 0 Å². The maximum absolute atomic E-state index is 11.9. The lowest BCUT2D eigenvalue weighted by Gasteiger charge is -2.13. The van der Waals surface area contributed by atoms with Crippen molar-refractivity contribution in [2.24, 2.45) is 0 Å². The summed E-state index contributed by atoms with van der Waals surface area (Å²) < 4.78 is 5.84. The number of benzene rings is 2. The van der Waals surface area contributed by atoms with Crippen molar-refractivity contribution in [1.29, 1.82) is 0 Å². The van der Waals surface area contributed by atoms with Crippen LogP contribution in [-0.4, -0.2) is 11.7 Å². The summed E-state index contributed by atoms with van der Waals surface area (Å²) in [5, 5.41) is 2.80. The minimum absolute atomic E-state index is 0.0550. The number of carbonyl (C=O) groups excluding carboxylic acids is 2. The largest absolute Gasteiger partial charge is 0.488 e. The first-order chi connectivity index (χ1) is 11.5. The van der Waals surface area contributed by atoms with E-state index >= 15 is 0 Å². The van der Waals surface area contributed by atoms with E-state index in [1.165, 1.54) is 6.92 Å². The molecule has 0 atom stereocenters. The molecule has 24 heavy (non-hydrogen) atoms. The Bertz CT molecular complexity index is 737. The summed E-state index contributed by atoms with van der Waals surface area (Å²) in [6.07, 6.45) is 1.24. The maximum Gasteiger partial charge on any atom is 0.224 e. The van der Waals surface area contributed by atoms with Crippen molar-refractivity contribution in [2.75, 3.05) is 5.32 Å². The number of hydrogen-bond acceptors (Lipinski definition) is 3. The number of hydrogen-bond donors (Lipinski definition) is 1. The number of nitrogens with one attached hydrogen (secondary N) is 1. The van der Waals surface area contributed by atoms with Crippen molar-refractivity contribution < 1.29 is 14.3 Å².